The number of hydrogen-bond donors (Lipinski definition) is 2. The normalized spacial score (nSPS) is 12.4. The Bertz CT molecular complexity index is 250. The predicted molar refractivity (Wildman–Crippen MR) is 79.9 cm³/mol. The Kier molecular flexibility index (Phi) is 23.8. The van der Waals surface area contributed by atoms with Crippen molar-refractivity contribution < 1.29 is 30.8 Å². The average Bonchev–Trinajstić information content (AvgIpc) is 2.40. The number of carbonyl (C=O) groups excluding carboxylic acids is 2. The molecule has 0 saturated heterocycles. The summed E-state index contributed by atoms with van der Waals surface area (Å²) in [5, 5.41) is 40.2. The number of rotatable bonds is 10. The van der Waals surface area contributed by atoms with Crippen molar-refractivity contribution in [1.82, 2.24) is 0 Å². The molecule has 0 fully saturated rings. The fourth-order valence-corrected chi connectivity index (χ4v) is 1.95. The first-order valence-electron chi connectivity index (χ1n) is 5.74. The molecule has 0 saturated carbocycles. The van der Waals surface area contributed by atoms with E-state index in [9.17, 15) is 30.2 Å². The third kappa shape index (κ3) is 16.9. The van der Waals surface area contributed by atoms with Crippen LogP contribution in [-0.2, 0) is 9.59 Å². The fraction of sp³-hybridized carbons (Fsp3) is 0.800. The molecule has 0 rings (SSSR count). The molecular weight excluding hydrogens is 348 g/mol. The van der Waals surface area contributed by atoms with Crippen molar-refractivity contribution >= 4 is 73.2 Å². The van der Waals surface area contributed by atoms with Gasteiger partial charge in [-0.05, 0) is 24.0 Å². The third-order valence-electron chi connectivity index (χ3n) is 2.20. The topological polar surface area (TPSA) is 160 Å². The van der Waals surface area contributed by atoms with Gasteiger partial charge in [-0.25, -0.2) is 0 Å². The first kappa shape index (κ1) is 26.6. The summed E-state index contributed by atoms with van der Waals surface area (Å²) in [6.45, 7) is 0. The van der Waals surface area contributed by atoms with Crippen LogP contribution in [0.3, 0.4) is 0 Å². The van der Waals surface area contributed by atoms with Crippen molar-refractivity contribution in [2.24, 2.45) is 0 Å². The molecule has 0 aromatic heterocycles. The Labute approximate surface area is 162 Å². The van der Waals surface area contributed by atoms with Crippen LogP contribution in [0.15, 0.2) is 0 Å². The molecule has 8 nitrogen and oxygen atoms in total. The van der Waals surface area contributed by atoms with E-state index >= 15 is 0 Å². The molecule has 0 bridgehead atoms. The van der Waals surface area contributed by atoms with Crippen molar-refractivity contribution in [1.29, 1.82) is 0 Å². The molecule has 120 valence electrons. The number of nitrogens with two attached hydrogens (primary N) is 2. The maximum atomic E-state index is 10.1. The zero-order chi connectivity index (χ0) is 16.0. The van der Waals surface area contributed by atoms with Gasteiger partial charge in [-0.3, -0.25) is 0 Å². The number of carboxylic acid groups (broad SMARTS) is 2. The summed E-state index contributed by atoms with van der Waals surface area (Å²) in [5.74, 6) is -1.19. The molecule has 2 atom stereocenters. The number of carboxylic acids is 2. The number of aliphatic carboxylic acids is 2. The number of quaternary nitrogens is 2. The molecule has 0 heterocycles. The van der Waals surface area contributed by atoms with Crippen molar-refractivity contribution in [3.05, 3.63) is 10.4 Å². The van der Waals surface area contributed by atoms with E-state index < -0.39 is 24.0 Å². The summed E-state index contributed by atoms with van der Waals surface area (Å²) in [6, 6.07) is -1.85. The second kappa shape index (κ2) is 18.8. The van der Waals surface area contributed by atoms with E-state index in [0.29, 0.717) is 35.3 Å². The molecule has 0 spiro atoms. The minimum Gasteiger partial charge on any atom is -0.635 e. The molecule has 0 aromatic carbocycles. The summed E-state index contributed by atoms with van der Waals surface area (Å²) in [7, 11) is 0. The molecule has 0 aromatic rings. The zero-order valence-corrected chi connectivity index (χ0v) is 16.0. The SMILES string of the molecule is CSCC[C@H]([NH2+][O-])C(=O)[O-].CSCC[C@H]([NH2+][O-])C(=O)[O-].[Ca+2]. The summed E-state index contributed by atoms with van der Waals surface area (Å²) < 4.78 is 0. The van der Waals surface area contributed by atoms with Crippen molar-refractivity contribution in [2.75, 3.05) is 24.0 Å². The molecule has 0 radical (unpaired) electrons. The maximum absolute atomic E-state index is 10.1. The largest absolute Gasteiger partial charge is 2.00 e. The number of hydroxylamine groups is 2. The van der Waals surface area contributed by atoms with Crippen molar-refractivity contribution in [3.63, 3.8) is 0 Å². The van der Waals surface area contributed by atoms with Crippen molar-refractivity contribution in [3.8, 4) is 0 Å². The molecule has 0 unspecified atom stereocenters. The molecule has 11 heteroatoms. The first-order valence-corrected chi connectivity index (χ1v) is 8.53. The Morgan fingerprint density at radius 1 is 0.905 bits per heavy atom. The number of thioether (sulfide) groups is 2. The first-order chi connectivity index (χ1) is 9.44. The van der Waals surface area contributed by atoms with E-state index in [1.54, 1.807) is 0 Å². The second-order valence-electron chi connectivity index (χ2n) is 3.69. The van der Waals surface area contributed by atoms with Crippen LogP contribution in [0, 0.1) is 10.4 Å². The van der Waals surface area contributed by atoms with Gasteiger partial charge in [0.15, 0.2) is 0 Å². The van der Waals surface area contributed by atoms with Crippen LogP contribution in [0.25, 0.3) is 0 Å². The molecule has 0 aliphatic carbocycles. The summed E-state index contributed by atoms with van der Waals surface area (Å²) in [4.78, 5) is 20.2. The van der Waals surface area contributed by atoms with E-state index in [1.165, 1.54) is 23.5 Å². The van der Waals surface area contributed by atoms with Gasteiger partial charge in [0, 0.05) is 12.8 Å². The molecular formula is C10H20CaN2O6S2. The van der Waals surface area contributed by atoms with Crippen LogP contribution in [0.1, 0.15) is 12.8 Å². The van der Waals surface area contributed by atoms with Crippen LogP contribution < -0.4 is 21.2 Å². The minimum atomic E-state index is -1.27. The van der Waals surface area contributed by atoms with Gasteiger partial charge in [-0.2, -0.15) is 23.5 Å². The van der Waals surface area contributed by atoms with Gasteiger partial charge in [0.1, 0.15) is 12.1 Å². The van der Waals surface area contributed by atoms with Gasteiger partial charge in [0.25, 0.3) is 0 Å². The van der Waals surface area contributed by atoms with Crippen molar-refractivity contribution in [2.45, 2.75) is 24.9 Å². The van der Waals surface area contributed by atoms with Crippen LogP contribution in [0.5, 0.6) is 0 Å². The third-order valence-corrected chi connectivity index (χ3v) is 3.49. The number of hydrogen-bond acceptors (Lipinski definition) is 8. The maximum Gasteiger partial charge on any atom is 2.00 e. The van der Waals surface area contributed by atoms with Gasteiger partial charge < -0.3 is 41.2 Å². The summed E-state index contributed by atoms with van der Waals surface area (Å²) in [5.41, 5.74) is 0.844. The Morgan fingerprint density at radius 2 is 1.19 bits per heavy atom. The summed E-state index contributed by atoms with van der Waals surface area (Å²) >= 11 is 3.03. The predicted octanol–water partition coefficient (Wildman–Crippen LogP) is -4.54. The van der Waals surface area contributed by atoms with Gasteiger partial charge in [0.2, 0.25) is 0 Å². The van der Waals surface area contributed by atoms with Crippen LogP contribution >= 0.6 is 23.5 Å². The standard InChI is InChI=1S/2C5H11NO3S.Ca/c2*1-10-3-2-4(6-9)5(7)8;/h2*4H,2-3,6H2,1H3,(H,7,8);/q;;+2/p-2/t2*4-;/m00./s1. The van der Waals surface area contributed by atoms with E-state index in [4.69, 9.17) is 0 Å². The van der Waals surface area contributed by atoms with E-state index in [2.05, 4.69) is 0 Å². The van der Waals surface area contributed by atoms with Gasteiger partial charge in [-0.15, -0.1) is 0 Å². The Morgan fingerprint density at radius 3 is 1.33 bits per heavy atom. The average molecular weight is 368 g/mol. The Hall–Kier alpha value is 0.740. The summed E-state index contributed by atoms with van der Waals surface area (Å²) in [6.07, 6.45) is 4.45. The molecule has 0 aliphatic rings. The van der Waals surface area contributed by atoms with Gasteiger partial charge >= 0.3 is 37.7 Å². The second-order valence-corrected chi connectivity index (χ2v) is 5.66. The van der Waals surface area contributed by atoms with Crippen LogP contribution in [0.4, 0.5) is 0 Å². The molecule has 0 aliphatic heterocycles. The van der Waals surface area contributed by atoms with E-state index in [0.717, 1.165) is 0 Å². The van der Waals surface area contributed by atoms with Gasteiger partial charge in [-0.1, -0.05) is 0 Å². The van der Waals surface area contributed by atoms with Crippen LogP contribution in [-0.4, -0.2) is 85.8 Å². The molecule has 0 amide bonds. The van der Waals surface area contributed by atoms with E-state index in [-0.39, 0.29) is 37.7 Å². The number of carbonyl (C=O) groups is 2. The zero-order valence-electron chi connectivity index (χ0n) is 12.1. The molecule has 4 N–H and O–H groups in total. The Balaban J connectivity index is -0.000000295. The molecule has 21 heavy (non-hydrogen) atoms. The van der Waals surface area contributed by atoms with Crippen LogP contribution in [0.2, 0.25) is 0 Å². The monoisotopic (exact) mass is 368 g/mol. The van der Waals surface area contributed by atoms with Gasteiger partial charge in [0.05, 0.1) is 11.9 Å². The smallest absolute Gasteiger partial charge is 0.635 e. The fourth-order valence-electron chi connectivity index (χ4n) is 0.973. The quantitative estimate of drug-likeness (QED) is 0.288. The minimum absolute atomic E-state index is 0. The van der Waals surface area contributed by atoms with E-state index in [1.807, 2.05) is 12.5 Å².